The second-order valence-corrected chi connectivity index (χ2v) is 4.83. The fourth-order valence-corrected chi connectivity index (χ4v) is 2.13. The fraction of sp³-hybridized carbons (Fsp3) is 0.312. The standard InChI is InChI=1S/C16H12N4O/c1-12(14(21)13-6-4-3-5-7-13)16(10-19,11-20)15(2,8-17)9-18/h3-7,12H,1-2H3. The summed E-state index contributed by atoms with van der Waals surface area (Å²) in [6.45, 7) is 2.60. The van der Waals surface area contributed by atoms with E-state index in [0.29, 0.717) is 5.56 Å². The maximum Gasteiger partial charge on any atom is 0.184 e. The molecule has 0 fully saturated rings. The van der Waals surface area contributed by atoms with Crippen molar-refractivity contribution in [1.82, 2.24) is 0 Å². The van der Waals surface area contributed by atoms with Crippen LogP contribution >= 0.6 is 0 Å². The van der Waals surface area contributed by atoms with Crippen LogP contribution in [0, 0.1) is 62.1 Å². The van der Waals surface area contributed by atoms with Crippen molar-refractivity contribution in [3.63, 3.8) is 0 Å². The van der Waals surface area contributed by atoms with Crippen molar-refractivity contribution in [3.05, 3.63) is 35.9 Å². The molecule has 1 aromatic carbocycles. The second-order valence-electron chi connectivity index (χ2n) is 4.83. The van der Waals surface area contributed by atoms with Crippen molar-refractivity contribution in [3.8, 4) is 24.3 Å². The molecular weight excluding hydrogens is 264 g/mol. The number of benzene rings is 1. The largest absolute Gasteiger partial charge is 0.294 e. The Balaban J connectivity index is 3.43. The molecule has 0 aliphatic carbocycles. The van der Waals surface area contributed by atoms with E-state index in [0.717, 1.165) is 0 Å². The zero-order valence-electron chi connectivity index (χ0n) is 11.7. The normalized spacial score (nSPS) is 12.1. The van der Waals surface area contributed by atoms with Gasteiger partial charge in [0.05, 0.1) is 30.2 Å². The molecule has 0 saturated carbocycles. The van der Waals surface area contributed by atoms with Crippen LogP contribution in [0.15, 0.2) is 30.3 Å². The lowest BCUT2D eigenvalue weighted by Crippen LogP contribution is -2.44. The molecule has 0 heterocycles. The predicted octanol–water partition coefficient (Wildman–Crippen LogP) is 2.59. The maximum absolute atomic E-state index is 12.5. The van der Waals surface area contributed by atoms with Gasteiger partial charge >= 0.3 is 0 Å². The van der Waals surface area contributed by atoms with Crippen LogP contribution in [-0.2, 0) is 0 Å². The SMILES string of the molecule is CC(C(=O)c1ccccc1)C(C#N)(C#N)C(C)(C#N)C#N. The summed E-state index contributed by atoms with van der Waals surface area (Å²) in [5, 5.41) is 37.2. The van der Waals surface area contributed by atoms with Crippen molar-refractivity contribution in [2.75, 3.05) is 0 Å². The number of hydrogen-bond acceptors (Lipinski definition) is 5. The minimum atomic E-state index is -2.04. The van der Waals surface area contributed by atoms with Crippen LogP contribution < -0.4 is 0 Å². The number of ketones is 1. The molecule has 102 valence electrons. The van der Waals surface area contributed by atoms with E-state index in [2.05, 4.69) is 0 Å². The van der Waals surface area contributed by atoms with Gasteiger partial charge in [0.2, 0.25) is 0 Å². The van der Waals surface area contributed by atoms with Gasteiger partial charge in [-0.25, -0.2) is 0 Å². The molecule has 0 aliphatic rings. The summed E-state index contributed by atoms with van der Waals surface area (Å²) in [4.78, 5) is 12.5. The van der Waals surface area contributed by atoms with E-state index < -0.39 is 22.5 Å². The van der Waals surface area contributed by atoms with Crippen LogP contribution in [0.1, 0.15) is 24.2 Å². The molecule has 0 amide bonds. The summed E-state index contributed by atoms with van der Waals surface area (Å²) in [6, 6.07) is 15.0. The molecule has 0 aliphatic heterocycles. The van der Waals surface area contributed by atoms with Crippen molar-refractivity contribution in [2.45, 2.75) is 13.8 Å². The summed E-state index contributed by atoms with van der Waals surface area (Å²) < 4.78 is 0. The molecule has 1 unspecified atom stereocenters. The van der Waals surface area contributed by atoms with Crippen molar-refractivity contribution >= 4 is 5.78 Å². The van der Waals surface area contributed by atoms with Crippen molar-refractivity contribution < 1.29 is 4.79 Å². The fourth-order valence-electron chi connectivity index (χ4n) is 2.13. The summed E-state index contributed by atoms with van der Waals surface area (Å²) in [5.74, 6) is -1.56. The topological polar surface area (TPSA) is 112 Å². The molecule has 1 rings (SSSR count). The van der Waals surface area contributed by atoms with Gasteiger partial charge in [-0.15, -0.1) is 0 Å². The van der Waals surface area contributed by atoms with E-state index in [1.54, 1.807) is 54.6 Å². The van der Waals surface area contributed by atoms with Crippen LogP contribution in [0.25, 0.3) is 0 Å². The Labute approximate surface area is 123 Å². The highest BCUT2D eigenvalue weighted by Crippen LogP contribution is 2.45. The summed E-state index contributed by atoms with van der Waals surface area (Å²) >= 11 is 0. The summed E-state index contributed by atoms with van der Waals surface area (Å²) in [7, 11) is 0. The highest BCUT2D eigenvalue weighted by atomic mass is 16.1. The zero-order chi connectivity index (χ0) is 16.1. The molecule has 0 spiro atoms. The first-order valence-corrected chi connectivity index (χ1v) is 6.16. The van der Waals surface area contributed by atoms with Gasteiger partial charge in [0.15, 0.2) is 16.6 Å². The van der Waals surface area contributed by atoms with Crippen LogP contribution in [0.5, 0.6) is 0 Å². The Morgan fingerprint density at radius 1 is 1.00 bits per heavy atom. The molecule has 1 aromatic rings. The first-order valence-electron chi connectivity index (χ1n) is 6.16. The van der Waals surface area contributed by atoms with E-state index in [1.807, 2.05) is 0 Å². The molecule has 0 saturated heterocycles. The number of rotatable bonds is 4. The van der Waals surface area contributed by atoms with Crippen LogP contribution in [0.3, 0.4) is 0 Å². The second kappa shape index (κ2) is 5.87. The Kier molecular flexibility index (Phi) is 4.45. The molecule has 5 nitrogen and oxygen atoms in total. The molecule has 5 heteroatoms. The number of Topliss-reactive ketones (excluding diaryl/α,β-unsaturated/α-hetero) is 1. The quantitative estimate of drug-likeness (QED) is 0.784. The van der Waals surface area contributed by atoms with Gasteiger partial charge in [-0.1, -0.05) is 37.3 Å². The lowest BCUT2D eigenvalue weighted by atomic mass is 9.59. The molecule has 0 bridgehead atoms. The third-order valence-corrected chi connectivity index (χ3v) is 3.69. The zero-order valence-corrected chi connectivity index (χ0v) is 11.7. The van der Waals surface area contributed by atoms with Gasteiger partial charge < -0.3 is 0 Å². The van der Waals surface area contributed by atoms with E-state index >= 15 is 0 Å². The van der Waals surface area contributed by atoms with Gasteiger partial charge in [0.1, 0.15) is 0 Å². The van der Waals surface area contributed by atoms with Crippen LogP contribution in [0.2, 0.25) is 0 Å². The molecule has 0 radical (unpaired) electrons. The van der Waals surface area contributed by atoms with E-state index in [-0.39, 0.29) is 0 Å². The van der Waals surface area contributed by atoms with Crippen molar-refractivity contribution in [1.29, 1.82) is 21.0 Å². The molecule has 0 N–H and O–H groups in total. The summed E-state index contributed by atoms with van der Waals surface area (Å²) in [5.41, 5.74) is -3.61. The third kappa shape index (κ3) is 2.34. The molecule has 1 atom stereocenters. The lowest BCUT2D eigenvalue weighted by Gasteiger charge is -2.32. The molecular formula is C16H12N4O. The van der Waals surface area contributed by atoms with Gasteiger partial charge in [-0.2, -0.15) is 21.0 Å². The molecule has 0 aromatic heterocycles. The minimum absolute atomic E-state index is 0.332. The average Bonchev–Trinajstić information content (AvgIpc) is 2.55. The van der Waals surface area contributed by atoms with Gasteiger partial charge in [0, 0.05) is 5.56 Å². The minimum Gasteiger partial charge on any atom is -0.294 e. The third-order valence-electron chi connectivity index (χ3n) is 3.69. The Bertz CT molecular complexity index is 682. The van der Waals surface area contributed by atoms with Gasteiger partial charge in [-0.05, 0) is 6.92 Å². The Morgan fingerprint density at radius 2 is 1.48 bits per heavy atom. The number of carbonyl (C=O) groups excluding carboxylic acids is 1. The van der Waals surface area contributed by atoms with Gasteiger partial charge in [0.25, 0.3) is 0 Å². The highest BCUT2D eigenvalue weighted by Gasteiger charge is 2.57. The van der Waals surface area contributed by atoms with Crippen LogP contribution in [-0.4, -0.2) is 5.78 Å². The first kappa shape index (κ1) is 15.9. The van der Waals surface area contributed by atoms with E-state index in [4.69, 9.17) is 0 Å². The van der Waals surface area contributed by atoms with Crippen molar-refractivity contribution in [2.24, 2.45) is 16.7 Å². The number of carbonyl (C=O) groups is 1. The number of nitrogens with zero attached hydrogens (tertiary/aromatic N) is 4. The number of hydrogen-bond donors (Lipinski definition) is 0. The highest BCUT2D eigenvalue weighted by molar-refractivity contribution is 5.98. The maximum atomic E-state index is 12.5. The van der Waals surface area contributed by atoms with Gasteiger partial charge in [-0.3, -0.25) is 4.79 Å². The van der Waals surface area contributed by atoms with Crippen LogP contribution in [0.4, 0.5) is 0 Å². The van der Waals surface area contributed by atoms with E-state index in [1.165, 1.54) is 13.8 Å². The molecule has 21 heavy (non-hydrogen) atoms. The smallest absolute Gasteiger partial charge is 0.184 e. The lowest BCUT2D eigenvalue weighted by molar-refractivity contribution is 0.0827. The Hall–Kier alpha value is -3.15. The summed E-state index contributed by atoms with van der Waals surface area (Å²) in [6.07, 6.45) is 0. The van der Waals surface area contributed by atoms with E-state index in [9.17, 15) is 25.8 Å². The monoisotopic (exact) mass is 276 g/mol. The number of nitriles is 4. The average molecular weight is 276 g/mol. The first-order chi connectivity index (χ1) is 9.92. The predicted molar refractivity (Wildman–Crippen MR) is 72.9 cm³/mol. The Morgan fingerprint density at radius 3 is 1.86 bits per heavy atom.